The maximum atomic E-state index is 13.4. The number of carbonyl (C=O) groups excluding carboxylic acids is 1. The van der Waals surface area contributed by atoms with E-state index in [-0.39, 0.29) is 41.9 Å². The van der Waals surface area contributed by atoms with Crippen LogP contribution in [0.25, 0.3) is 11.0 Å². The fraction of sp³-hybridized carbons (Fsp3) is 0.250. The predicted octanol–water partition coefficient (Wildman–Crippen LogP) is 4.64. The number of aromatic nitrogens is 2. The SMILES string of the molecule is C.COc1cc(O)cc(Nc2nc3ccccc3nc2NS(=O)(=O)c2cccc(NC(=O)CNOCC(C)C)c2)c1. The smallest absolute Gasteiger partial charge is 0.263 e. The summed E-state index contributed by atoms with van der Waals surface area (Å²) in [5.41, 5.74) is 4.25. The zero-order valence-corrected chi connectivity index (χ0v) is 23.0. The molecule has 0 saturated heterocycles. The average molecular weight is 583 g/mol. The van der Waals surface area contributed by atoms with Crippen LogP contribution in [0.3, 0.4) is 0 Å². The zero-order chi connectivity index (χ0) is 28.7. The number of hydrogen-bond donors (Lipinski definition) is 5. The predicted molar refractivity (Wildman–Crippen MR) is 159 cm³/mol. The summed E-state index contributed by atoms with van der Waals surface area (Å²) < 4.78 is 34.5. The molecule has 3 aromatic carbocycles. The van der Waals surface area contributed by atoms with Crippen LogP contribution in [-0.4, -0.2) is 49.7 Å². The molecule has 4 rings (SSSR count). The van der Waals surface area contributed by atoms with Gasteiger partial charge in [0.2, 0.25) is 5.91 Å². The van der Waals surface area contributed by atoms with E-state index in [1.54, 1.807) is 36.4 Å². The Labute approximate surface area is 239 Å². The Balaban J connectivity index is 0.00000462. The van der Waals surface area contributed by atoms with E-state index in [2.05, 4.69) is 30.8 Å². The molecular formula is C28H34N6O6S. The highest BCUT2D eigenvalue weighted by Crippen LogP contribution is 2.31. The summed E-state index contributed by atoms with van der Waals surface area (Å²) in [6.45, 7) is 4.30. The second-order valence-corrected chi connectivity index (χ2v) is 10.8. The lowest BCUT2D eigenvalue weighted by molar-refractivity contribution is -0.118. The largest absolute Gasteiger partial charge is 0.508 e. The summed E-state index contributed by atoms with van der Waals surface area (Å²) in [7, 11) is -2.70. The van der Waals surface area contributed by atoms with Crippen LogP contribution < -0.4 is 25.6 Å². The molecule has 1 heterocycles. The van der Waals surface area contributed by atoms with Crippen LogP contribution in [0.15, 0.2) is 71.6 Å². The number of ether oxygens (including phenoxy) is 1. The molecule has 4 aromatic rings. The van der Waals surface area contributed by atoms with Crippen molar-refractivity contribution in [3.05, 3.63) is 66.7 Å². The van der Waals surface area contributed by atoms with Crippen LogP contribution in [0.1, 0.15) is 21.3 Å². The number of nitrogens with one attached hydrogen (secondary N) is 4. The van der Waals surface area contributed by atoms with Crippen molar-refractivity contribution in [1.29, 1.82) is 0 Å². The van der Waals surface area contributed by atoms with Gasteiger partial charge in [0, 0.05) is 29.6 Å². The quantitative estimate of drug-likeness (QED) is 0.117. The minimum absolute atomic E-state index is 0. The number of aromatic hydroxyl groups is 1. The minimum Gasteiger partial charge on any atom is -0.508 e. The molecule has 0 atom stereocenters. The summed E-state index contributed by atoms with van der Waals surface area (Å²) >= 11 is 0. The van der Waals surface area contributed by atoms with Gasteiger partial charge in [0.1, 0.15) is 18.0 Å². The van der Waals surface area contributed by atoms with Crippen molar-refractivity contribution in [3.8, 4) is 11.5 Å². The third-order valence-corrected chi connectivity index (χ3v) is 6.71. The lowest BCUT2D eigenvalue weighted by atomic mass is 10.2. The van der Waals surface area contributed by atoms with E-state index in [1.165, 1.54) is 37.4 Å². The Bertz CT molecular complexity index is 1610. The molecule has 0 aliphatic carbocycles. The summed E-state index contributed by atoms with van der Waals surface area (Å²) in [6, 6.07) is 17.3. The first-order valence-electron chi connectivity index (χ1n) is 12.3. The number of phenolic OH excluding ortho intramolecular Hbond substituents is 1. The molecule has 1 amide bonds. The molecule has 1 aromatic heterocycles. The van der Waals surface area contributed by atoms with Crippen molar-refractivity contribution >= 4 is 50.0 Å². The molecule has 5 N–H and O–H groups in total. The van der Waals surface area contributed by atoms with E-state index >= 15 is 0 Å². The first-order valence-corrected chi connectivity index (χ1v) is 13.8. The van der Waals surface area contributed by atoms with Crippen molar-refractivity contribution in [2.45, 2.75) is 26.2 Å². The topological polar surface area (TPSA) is 164 Å². The van der Waals surface area contributed by atoms with Crippen LogP contribution in [0.5, 0.6) is 11.5 Å². The molecule has 13 heteroatoms. The van der Waals surface area contributed by atoms with Gasteiger partial charge < -0.3 is 25.3 Å². The van der Waals surface area contributed by atoms with Crippen molar-refractivity contribution in [2.24, 2.45) is 5.92 Å². The first kappa shape index (κ1) is 31.1. The van der Waals surface area contributed by atoms with Gasteiger partial charge in [0.15, 0.2) is 11.6 Å². The highest BCUT2D eigenvalue weighted by molar-refractivity contribution is 7.92. The van der Waals surface area contributed by atoms with Crippen LogP contribution in [0, 0.1) is 5.92 Å². The number of nitrogens with zero attached hydrogens (tertiary/aromatic N) is 2. The number of hydroxylamine groups is 1. The van der Waals surface area contributed by atoms with E-state index in [0.717, 1.165) is 0 Å². The minimum atomic E-state index is -4.16. The Kier molecular flexibility index (Phi) is 10.4. The van der Waals surface area contributed by atoms with Crippen LogP contribution in [0.4, 0.5) is 23.0 Å². The maximum absolute atomic E-state index is 13.4. The lowest BCUT2D eigenvalue weighted by Gasteiger charge is -2.15. The first-order chi connectivity index (χ1) is 19.1. The van der Waals surface area contributed by atoms with Crippen LogP contribution in [0.2, 0.25) is 0 Å². The Hall–Kier alpha value is -4.46. The number of rotatable bonds is 12. The van der Waals surface area contributed by atoms with Crippen LogP contribution >= 0.6 is 0 Å². The number of methoxy groups -OCH3 is 1. The van der Waals surface area contributed by atoms with E-state index in [0.29, 0.717) is 35.0 Å². The van der Waals surface area contributed by atoms with Gasteiger partial charge >= 0.3 is 0 Å². The van der Waals surface area contributed by atoms with Gasteiger partial charge in [-0.25, -0.2) is 18.4 Å². The number of phenols is 1. The van der Waals surface area contributed by atoms with Crippen molar-refractivity contribution in [2.75, 3.05) is 35.6 Å². The van der Waals surface area contributed by atoms with Crippen LogP contribution in [-0.2, 0) is 19.7 Å². The van der Waals surface area contributed by atoms with Gasteiger partial charge in [-0.1, -0.05) is 39.5 Å². The number of carbonyl (C=O) groups is 1. The van der Waals surface area contributed by atoms with Gasteiger partial charge in [0.25, 0.3) is 10.0 Å². The highest BCUT2D eigenvalue weighted by Gasteiger charge is 2.20. The number of benzene rings is 3. The number of anilines is 4. The van der Waals surface area contributed by atoms with Crippen molar-refractivity contribution in [1.82, 2.24) is 15.4 Å². The number of sulfonamides is 1. The lowest BCUT2D eigenvalue weighted by Crippen LogP contribution is -2.29. The standard InChI is InChI=1S/C27H30N6O6S.CH4/c1-17(2)16-39-28-15-25(35)29-18-7-6-8-22(13-18)40(36,37)33-27-26(31-23-9-4-5-10-24(23)32-27)30-19-11-20(34)14-21(12-19)38-3;/h4-14,17,28,34H,15-16H2,1-3H3,(H,29,35)(H,30,31)(H,32,33);1H4. The highest BCUT2D eigenvalue weighted by atomic mass is 32.2. The maximum Gasteiger partial charge on any atom is 0.263 e. The zero-order valence-electron chi connectivity index (χ0n) is 22.1. The van der Waals surface area contributed by atoms with Gasteiger partial charge in [-0.15, -0.1) is 0 Å². The fourth-order valence-corrected chi connectivity index (χ4v) is 4.60. The van der Waals surface area contributed by atoms with Crippen molar-refractivity contribution < 1.29 is 27.9 Å². The molecule has 12 nitrogen and oxygen atoms in total. The van der Waals surface area contributed by atoms with E-state index in [4.69, 9.17) is 9.57 Å². The van der Waals surface area contributed by atoms with Gasteiger partial charge in [0.05, 0.1) is 29.6 Å². The number of hydrogen-bond acceptors (Lipinski definition) is 10. The fourth-order valence-electron chi connectivity index (χ4n) is 3.54. The number of amides is 1. The number of fused-ring (bicyclic) bond motifs is 1. The van der Waals surface area contributed by atoms with Gasteiger partial charge in [-0.05, 0) is 36.2 Å². The molecular weight excluding hydrogens is 548 g/mol. The average Bonchev–Trinajstić information content (AvgIpc) is 2.91. The van der Waals surface area contributed by atoms with Crippen molar-refractivity contribution in [3.63, 3.8) is 0 Å². The number of para-hydroxylation sites is 2. The summed E-state index contributed by atoms with van der Waals surface area (Å²) in [6.07, 6.45) is 0. The van der Waals surface area contributed by atoms with Gasteiger partial charge in [-0.2, -0.15) is 5.48 Å². The molecule has 0 aliphatic heterocycles. The normalized spacial score (nSPS) is 11.1. The van der Waals surface area contributed by atoms with Gasteiger partial charge in [-0.3, -0.25) is 9.52 Å². The Morgan fingerprint density at radius 2 is 1.66 bits per heavy atom. The summed E-state index contributed by atoms with van der Waals surface area (Å²) in [5, 5.41) is 15.7. The van der Waals surface area contributed by atoms with E-state index < -0.39 is 15.9 Å². The molecule has 0 bridgehead atoms. The molecule has 0 aliphatic rings. The summed E-state index contributed by atoms with van der Waals surface area (Å²) in [5.74, 6) is 0.265. The second-order valence-electron chi connectivity index (χ2n) is 9.16. The van der Waals surface area contributed by atoms with E-state index in [1.807, 2.05) is 13.8 Å². The molecule has 0 saturated carbocycles. The molecule has 0 spiro atoms. The molecule has 0 fully saturated rings. The molecule has 218 valence electrons. The Morgan fingerprint density at radius 1 is 0.951 bits per heavy atom. The third kappa shape index (κ3) is 8.51. The monoisotopic (exact) mass is 582 g/mol. The molecule has 0 radical (unpaired) electrons. The second kappa shape index (κ2) is 13.7. The van der Waals surface area contributed by atoms with E-state index in [9.17, 15) is 18.3 Å². The summed E-state index contributed by atoms with van der Waals surface area (Å²) in [4.78, 5) is 26.4. The molecule has 0 unspecified atom stereocenters. The molecule has 41 heavy (non-hydrogen) atoms. The third-order valence-electron chi connectivity index (χ3n) is 5.37. The Morgan fingerprint density at radius 3 is 2.34 bits per heavy atom.